The number of nitrogens with one attached hydrogen (secondary N) is 1. The molecule has 1 heterocycles. The summed E-state index contributed by atoms with van der Waals surface area (Å²) in [4.78, 5) is 25.3. The van der Waals surface area contributed by atoms with Crippen molar-refractivity contribution in [1.29, 1.82) is 0 Å². The van der Waals surface area contributed by atoms with E-state index in [4.69, 9.17) is 18.1 Å². The highest BCUT2D eigenvalue weighted by Crippen LogP contribution is 2.49. The lowest BCUT2D eigenvalue weighted by Gasteiger charge is -2.15. The zero-order chi connectivity index (χ0) is 29.2. The molecule has 0 spiro atoms. The summed E-state index contributed by atoms with van der Waals surface area (Å²) >= 11 is 0. The first-order chi connectivity index (χ1) is 19.7. The largest absolute Gasteiger partial charge is 0.465 e. The quantitative estimate of drug-likeness (QED) is 0.250. The second kappa shape index (κ2) is 10.5. The number of carbonyl (C=O) groups excluding carboxylic acids is 2. The molecule has 1 aliphatic rings. The molecule has 7 heteroatoms. The third-order valence-electron chi connectivity index (χ3n) is 6.68. The number of aromatic nitrogens is 1. The summed E-state index contributed by atoms with van der Waals surface area (Å²) < 4.78 is 40.2. The number of hydrogen-bond acceptors (Lipinski definition) is 6. The van der Waals surface area contributed by atoms with Crippen LogP contribution in [0.4, 0.5) is 10.5 Å². The number of hydrogen-bond donors (Lipinski definition) is 1. The summed E-state index contributed by atoms with van der Waals surface area (Å²) in [6.45, 7) is 2.04. The summed E-state index contributed by atoms with van der Waals surface area (Å²) in [5.41, 5.74) is 3.90. The first kappa shape index (κ1) is 21.7. The standard InChI is InChI=1S/C31H30N2O5/c1-4-36-29(34)31(18-19-31)26-16-14-24(15-17-26)23-10-12-25(13-11-23)28-27(20(2)33-38-28)32-30(35)37-21(3)22-8-6-5-7-9-22/h5-17,21H,4,18-19H2,1-3H3,(H,32,35)/i3D2,21D. The van der Waals surface area contributed by atoms with Gasteiger partial charge in [-0.3, -0.25) is 10.1 Å². The molecule has 1 aromatic heterocycles. The highest BCUT2D eigenvalue weighted by atomic mass is 16.6. The minimum atomic E-state index is -2.23. The molecule has 1 fully saturated rings. The lowest BCUT2D eigenvalue weighted by molar-refractivity contribution is -0.146. The summed E-state index contributed by atoms with van der Waals surface area (Å²) in [6, 6.07) is 23.5. The predicted octanol–water partition coefficient (Wildman–Crippen LogP) is 7.22. The van der Waals surface area contributed by atoms with E-state index in [0.717, 1.165) is 29.5 Å². The maximum Gasteiger partial charge on any atom is 0.412 e. The number of ether oxygens (including phenoxy) is 2. The Morgan fingerprint density at radius 2 is 1.66 bits per heavy atom. The van der Waals surface area contributed by atoms with Crippen LogP contribution < -0.4 is 5.32 Å². The van der Waals surface area contributed by atoms with Gasteiger partial charge in [0.05, 0.1) is 13.4 Å². The van der Waals surface area contributed by atoms with E-state index in [9.17, 15) is 9.59 Å². The maximum absolute atomic E-state index is 12.8. The number of amides is 1. The van der Waals surface area contributed by atoms with Gasteiger partial charge in [0.2, 0.25) is 0 Å². The zero-order valence-electron chi connectivity index (χ0n) is 24.2. The Kier molecular flexibility index (Phi) is 6.01. The molecule has 3 aromatic carbocycles. The van der Waals surface area contributed by atoms with Crippen LogP contribution in [0.1, 0.15) is 53.7 Å². The van der Waals surface area contributed by atoms with Gasteiger partial charge >= 0.3 is 12.1 Å². The molecule has 7 nitrogen and oxygen atoms in total. The number of anilines is 1. The van der Waals surface area contributed by atoms with Crippen LogP contribution in [-0.2, 0) is 19.7 Å². The molecule has 0 bridgehead atoms. The van der Waals surface area contributed by atoms with Crippen molar-refractivity contribution in [3.05, 3.63) is 95.7 Å². The SMILES string of the molecule is [2H]C([2H])C([2H])(OC(=O)Nc1c(C)noc1-c1ccc(-c2ccc(C3(C(=O)OCC)CC3)cc2)cc1)c1ccccc1. The summed E-state index contributed by atoms with van der Waals surface area (Å²) in [5.74, 6) is 0.135. The summed E-state index contributed by atoms with van der Waals surface area (Å²) in [7, 11) is 0. The van der Waals surface area contributed by atoms with Crippen LogP contribution in [0.25, 0.3) is 22.5 Å². The van der Waals surface area contributed by atoms with Crippen molar-refractivity contribution in [2.24, 2.45) is 0 Å². The van der Waals surface area contributed by atoms with Gasteiger partial charge in [0.1, 0.15) is 17.5 Å². The second-order valence-corrected chi connectivity index (χ2v) is 9.17. The van der Waals surface area contributed by atoms with Crippen molar-refractivity contribution in [1.82, 2.24) is 5.16 Å². The number of benzene rings is 3. The minimum Gasteiger partial charge on any atom is -0.465 e. The van der Waals surface area contributed by atoms with E-state index < -0.39 is 24.5 Å². The smallest absolute Gasteiger partial charge is 0.412 e. The Morgan fingerprint density at radius 1 is 1.03 bits per heavy atom. The molecule has 0 radical (unpaired) electrons. The van der Waals surface area contributed by atoms with Crippen molar-refractivity contribution >= 4 is 17.7 Å². The molecule has 5 rings (SSSR count). The molecule has 1 saturated carbocycles. The fourth-order valence-corrected chi connectivity index (χ4v) is 4.40. The summed E-state index contributed by atoms with van der Waals surface area (Å²) in [6.07, 6.45) is -1.65. The minimum absolute atomic E-state index is 0.166. The molecule has 4 aromatic rings. The number of esters is 1. The molecule has 1 N–H and O–H groups in total. The molecule has 1 atom stereocenters. The maximum atomic E-state index is 12.8. The lowest BCUT2D eigenvalue weighted by Crippen LogP contribution is -2.23. The van der Waals surface area contributed by atoms with Crippen LogP contribution in [-0.4, -0.2) is 23.8 Å². The van der Waals surface area contributed by atoms with E-state index in [0.29, 0.717) is 23.6 Å². The Bertz CT molecular complexity index is 1530. The van der Waals surface area contributed by atoms with E-state index in [1.54, 1.807) is 25.1 Å². The van der Waals surface area contributed by atoms with Crippen molar-refractivity contribution < 1.29 is 27.7 Å². The Labute approximate surface area is 226 Å². The van der Waals surface area contributed by atoms with Gasteiger partial charge in [-0.25, -0.2) is 4.79 Å². The molecule has 0 saturated heterocycles. The van der Waals surface area contributed by atoms with Gasteiger partial charge in [-0.15, -0.1) is 0 Å². The average molecular weight is 514 g/mol. The van der Waals surface area contributed by atoms with Crippen LogP contribution in [0.2, 0.25) is 0 Å². The van der Waals surface area contributed by atoms with Crippen molar-refractivity contribution in [3.63, 3.8) is 0 Å². The summed E-state index contributed by atoms with van der Waals surface area (Å²) in [5, 5.41) is 6.56. The van der Waals surface area contributed by atoms with Gasteiger partial charge in [0, 0.05) is 8.30 Å². The number of nitrogens with zero attached hydrogens (tertiary/aromatic N) is 1. The molecule has 1 unspecified atom stereocenters. The number of rotatable bonds is 8. The van der Waals surface area contributed by atoms with Crippen LogP contribution in [0.5, 0.6) is 0 Å². The third kappa shape index (κ3) is 5.05. The van der Waals surface area contributed by atoms with Gasteiger partial charge in [-0.1, -0.05) is 84.0 Å². The van der Waals surface area contributed by atoms with E-state index in [-0.39, 0.29) is 17.2 Å². The first-order valence-electron chi connectivity index (χ1n) is 14.1. The van der Waals surface area contributed by atoms with E-state index in [2.05, 4.69) is 10.5 Å². The van der Waals surface area contributed by atoms with E-state index in [1.807, 2.05) is 55.5 Å². The van der Waals surface area contributed by atoms with Gasteiger partial charge in [-0.2, -0.15) is 0 Å². The zero-order valence-corrected chi connectivity index (χ0v) is 21.2. The highest BCUT2D eigenvalue weighted by Gasteiger charge is 2.52. The average Bonchev–Trinajstić information content (AvgIpc) is 3.72. The number of aryl methyl sites for hydroxylation is 1. The monoisotopic (exact) mass is 513 g/mol. The van der Waals surface area contributed by atoms with Crippen molar-refractivity contribution in [3.8, 4) is 22.5 Å². The van der Waals surface area contributed by atoms with Gasteiger partial charge in [-0.05, 0) is 55.8 Å². The Morgan fingerprint density at radius 3 is 2.26 bits per heavy atom. The van der Waals surface area contributed by atoms with E-state index in [1.165, 1.54) is 12.1 Å². The molecule has 0 aliphatic heterocycles. The fraction of sp³-hybridized carbons (Fsp3) is 0.258. The molecular formula is C31H30N2O5. The lowest BCUT2D eigenvalue weighted by atomic mass is 9.93. The molecule has 38 heavy (non-hydrogen) atoms. The Balaban J connectivity index is 1.32. The van der Waals surface area contributed by atoms with Gasteiger partial charge < -0.3 is 14.0 Å². The number of carbonyl (C=O) groups is 2. The Hall–Kier alpha value is -4.39. The first-order valence-corrected chi connectivity index (χ1v) is 12.4. The normalized spacial score (nSPS) is 16.4. The fourth-order valence-electron chi connectivity index (χ4n) is 4.40. The molecule has 1 amide bonds. The molecule has 1 aliphatic carbocycles. The topological polar surface area (TPSA) is 90.7 Å². The second-order valence-electron chi connectivity index (χ2n) is 9.17. The van der Waals surface area contributed by atoms with Gasteiger partial charge in [0.25, 0.3) is 0 Å². The molecular weight excluding hydrogens is 480 g/mol. The van der Waals surface area contributed by atoms with Gasteiger partial charge in [0.15, 0.2) is 5.76 Å². The van der Waals surface area contributed by atoms with Crippen molar-refractivity contribution in [2.75, 3.05) is 11.9 Å². The molecule has 194 valence electrons. The van der Waals surface area contributed by atoms with Crippen LogP contribution in [0, 0.1) is 6.92 Å². The van der Waals surface area contributed by atoms with E-state index >= 15 is 0 Å². The van der Waals surface area contributed by atoms with Crippen LogP contribution in [0.3, 0.4) is 0 Å². The van der Waals surface area contributed by atoms with Crippen molar-refractivity contribution in [2.45, 2.75) is 45.1 Å². The van der Waals surface area contributed by atoms with Crippen LogP contribution in [0.15, 0.2) is 83.4 Å². The van der Waals surface area contributed by atoms with Crippen LogP contribution >= 0.6 is 0 Å². The third-order valence-corrected chi connectivity index (χ3v) is 6.68. The predicted molar refractivity (Wildman–Crippen MR) is 145 cm³/mol. The highest BCUT2D eigenvalue weighted by molar-refractivity contribution is 5.91.